The third kappa shape index (κ3) is 3.79. The summed E-state index contributed by atoms with van der Waals surface area (Å²) in [5, 5.41) is 19.1. The van der Waals surface area contributed by atoms with Crippen LogP contribution >= 0.6 is 0 Å². The molecule has 1 heterocycles. The van der Waals surface area contributed by atoms with Crippen molar-refractivity contribution < 1.29 is 4.92 Å². The van der Waals surface area contributed by atoms with E-state index in [9.17, 15) is 10.1 Å². The molecule has 1 rings (SSSR count). The first-order chi connectivity index (χ1) is 9.42. The molecule has 0 amide bonds. The van der Waals surface area contributed by atoms with Gasteiger partial charge in [0.1, 0.15) is 11.4 Å². The van der Waals surface area contributed by atoms with E-state index in [4.69, 9.17) is 0 Å². The lowest BCUT2D eigenvalue weighted by Gasteiger charge is -2.18. The first kappa shape index (κ1) is 16.6. The van der Waals surface area contributed by atoms with Gasteiger partial charge in [0.15, 0.2) is 0 Å². The Morgan fingerprint density at radius 1 is 1.40 bits per heavy atom. The van der Waals surface area contributed by atoms with Crippen molar-refractivity contribution in [1.82, 2.24) is 15.1 Å². The van der Waals surface area contributed by atoms with Crippen molar-refractivity contribution in [3.8, 4) is 0 Å². The van der Waals surface area contributed by atoms with Crippen molar-refractivity contribution in [3.63, 3.8) is 0 Å². The minimum absolute atomic E-state index is 0.126. The van der Waals surface area contributed by atoms with Gasteiger partial charge in [0.05, 0.1) is 4.92 Å². The molecule has 0 aliphatic rings. The predicted octanol–water partition coefficient (Wildman–Crippen LogP) is 3.00. The third-order valence-corrected chi connectivity index (χ3v) is 3.39. The summed E-state index contributed by atoms with van der Waals surface area (Å²) in [5.41, 5.74) is 1.42. The van der Waals surface area contributed by atoms with Crippen LogP contribution in [0.1, 0.15) is 58.0 Å². The largest absolute Gasteiger partial charge is 0.314 e. The molecule has 0 aromatic carbocycles. The highest BCUT2D eigenvalue weighted by molar-refractivity contribution is 5.41. The van der Waals surface area contributed by atoms with E-state index in [1.165, 1.54) is 0 Å². The van der Waals surface area contributed by atoms with Crippen LogP contribution in [0.5, 0.6) is 0 Å². The summed E-state index contributed by atoms with van der Waals surface area (Å²) in [7, 11) is 0. The summed E-state index contributed by atoms with van der Waals surface area (Å²) in [5.74, 6) is 0. The molecular weight excluding hydrogens is 256 g/mol. The van der Waals surface area contributed by atoms with Gasteiger partial charge in [-0.1, -0.05) is 20.3 Å². The Labute approximate surface area is 120 Å². The molecule has 1 unspecified atom stereocenters. The summed E-state index contributed by atoms with van der Waals surface area (Å²) in [4.78, 5) is 11.0. The number of nitro groups is 1. The maximum Gasteiger partial charge on any atom is 0.313 e. The second-order valence-electron chi connectivity index (χ2n) is 5.42. The monoisotopic (exact) mass is 282 g/mol. The molecule has 1 aromatic rings. The quantitative estimate of drug-likeness (QED) is 0.587. The highest BCUT2D eigenvalue weighted by Gasteiger charge is 2.27. The van der Waals surface area contributed by atoms with Crippen molar-refractivity contribution in [2.75, 3.05) is 6.54 Å². The molecule has 20 heavy (non-hydrogen) atoms. The van der Waals surface area contributed by atoms with E-state index in [2.05, 4.69) is 24.3 Å². The van der Waals surface area contributed by atoms with Crippen LogP contribution < -0.4 is 5.32 Å². The van der Waals surface area contributed by atoms with Crippen LogP contribution in [0.15, 0.2) is 0 Å². The lowest BCUT2D eigenvalue weighted by molar-refractivity contribution is -0.386. The Balaban J connectivity index is 3.15. The van der Waals surface area contributed by atoms with Crippen LogP contribution in [0, 0.1) is 17.0 Å². The molecule has 1 N–H and O–H groups in total. The zero-order valence-electron chi connectivity index (χ0n) is 13.1. The Kier molecular flexibility index (Phi) is 6.13. The predicted molar refractivity (Wildman–Crippen MR) is 80.1 cm³/mol. The zero-order valence-corrected chi connectivity index (χ0v) is 13.1. The van der Waals surface area contributed by atoms with E-state index in [-0.39, 0.29) is 22.7 Å². The number of rotatable bonds is 8. The average Bonchev–Trinajstić information content (AvgIpc) is 2.67. The van der Waals surface area contributed by atoms with Gasteiger partial charge in [0.25, 0.3) is 0 Å². The molecule has 1 aromatic heterocycles. The maximum absolute atomic E-state index is 11.3. The number of nitrogens with one attached hydrogen (secondary N) is 1. The summed E-state index contributed by atoms with van der Waals surface area (Å²) < 4.78 is 1.80. The lowest BCUT2D eigenvalue weighted by atomic mass is 10.0. The molecule has 0 radical (unpaired) electrons. The molecule has 6 heteroatoms. The van der Waals surface area contributed by atoms with Gasteiger partial charge in [-0.15, -0.1) is 0 Å². The Morgan fingerprint density at radius 2 is 2.05 bits per heavy atom. The summed E-state index contributed by atoms with van der Waals surface area (Å²) in [6.45, 7) is 10.8. The van der Waals surface area contributed by atoms with E-state index < -0.39 is 0 Å². The van der Waals surface area contributed by atoms with E-state index in [0.29, 0.717) is 12.1 Å². The van der Waals surface area contributed by atoms with Gasteiger partial charge < -0.3 is 5.32 Å². The molecule has 0 saturated carbocycles. The zero-order chi connectivity index (χ0) is 15.3. The van der Waals surface area contributed by atoms with Crippen molar-refractivity contribution in [2.45, 2.75) is 66.0 Å². The fourth-order valence-corrected chi connectivity index (χ4v) is 2.59. The van der Waals surface area contributed by atoms with Crippen LogP contribution in [0.3, 0.4) is 0 Å². The van der Waals surface area contributed by atoms with Crippen LogP contribution in [0.2, 0.25) is 0 Å². The maximum atomic E-state index is 11.3. The number of aromatic nitrogens is 2. The molecule has 1 atom stereocenters. The summed E-state index contributed by atoms with van der Waals surface area (Å²) in [6.07, 6.45) is 2.71. The van der Waals surface area contributed by atoms with Gasteiger partial charge >= 0.3 is 5.69 Å². The standard InChI is InChI=1S/C14H26N4O2/c1-6-8-12(15-7-2)9-13-14(18(19)20)11(5)16-17(13)10(3)4/h10,12,15H,6-9H2,1-5H3. The van der Waals surface area contributed by atoms with Gasteiger partial charge in [0.2, 0.25) is 0 Å². The number of aryl methyl sites for hydroxylation is 1. The fraction of sp³-hybridized carbons (Fsp3) is 0.786. The van der Waals surface area contributed by atoms with E-state index in [1.54, 1.807) is 11.6 Å². The highest BCUT2D eigenvalue weighted by Crippen LogP contribution is 2.27. The molecule has 114 valence electrons. The van der Waals surface area contributed by atoms with Gasteiger partial charge in [-0.3, -0.25) is 14.8 Å². The number of likely N-dealkylation sites (N-methyl/N-ethyl adjacent to an activating group) is 1. The minimum Gasteiger partial charge on any atom is -0.314 e. The third-order valence-electron chi connectivity index (χ3n) is 3.39. The SMILES string of the molecule is CCCC(Cc1c([N+](=O)[O-])c(C)nn1C(C)C)NCC. The normalized spacial score (nSPS) is 12.9. The van der Waals surface area contributed by atoms with Crippen LogP contribution in [0.25, 0.3) is 0 Å². The molecule has 0 aliphatic carbocycles. The number of nitrogens with zero attached hydrogens (tertiary/aromatic N) is 3. The molecule has 0 saturated heterocycles. The second kappa shape index (κ2) is 7.38. The number of hydrogen-bond acceptors (Lipinski definition) is 4. The van der Waals surface area contributed by atoms with Crippen LogP contribution in [-0.2, 0) is 6.42 Å². The van der Waals surface area contributed by atoms with Gasteiger partial charge in [0, 0.05) is 18.5 Å². The lowest BCUT2D eigenvalue weighted by Crippen LogP contribution is -2.32. The topological polar surface area (TPSA) is 73.0 Å². The Morgan fingerprint density at radius 3 is 2.50 bits per heavy atom. The van der Waals surface area contributed by atoms with Crippen LogP contribution in [0.4, 0.5) is 5.69 Å². The molecule has 6 nitrogen and oxygen atoms in total. The molecule has 0 bridgehead atoms. The highest BCUT2D eigenvalue weighted by atomic mass is 16.6. The van der Waals surface area contributed by atoms with Gasteiger partial charge in [-0.25, -0.2) is 0 Å². The van der Waals surface area contributed by atoms with Crippen LogP contribution in [-0.4, -0.2) is 27.3 Å². The van der Waals surface area contributed by atoms with Crippen molar-refractivity contribution in [3.05, 3.63) is 21.5 Å². The Hall–Kier alpha value is -1.43. The summed E-state index contributed by atoms with van der Waals surface area (Å²) >= 11 is 0. The molecule has 0 aliphatic heterocycles. The first-order valence-electron chi connectivity index (χ1n) is 7.38. The van der Waals surface area contributed by atoms with Gasteiger partial charge in [-0.05, 0) is 33.7 Å². The summed E-state index contributed by atoms with van der Waals surface area (Å²) in [6, 6.07) is 0.388. The van der Waals surface area contributed by atoms with Crippen molar-refractivity contribution >= 4 is 5.69 Å². The molecule has 0 spiro atoms. The smallest absolute Gasteiger partial charge is 0.313 e. The van der Waals surface area contributed by atoms with Crippen molar-refractivity contribution in [1.29, 1.82) is 0 Å². The Bertz CT molecular complexity index is 448. The number of hydrogen-bond donors (Lipinski definition) is 1. The molecular formula is C14H26N4O2. The first-order valence-corrected chi connectivity index (χ1v) is 7.38. The van der Waals surface area contributed by atoms with Crippen molar-refractivity contribution in [2.24, 2.45) is 0 Å². The second-order valence-corrected chi connectivity index (χ2v) is 5.42. The fourth-order valence-electron chi connectivity index (χ4n) is 2.59. The van der Waals surface area contributed by atoms with Gasteiger partial charge in [-0.2, -0.15) is 5.10 Å². The minimum atomic E-state index is -0.300. The molecule has 0 fully saturated rings. The average molecular weight is 282 g/mol. The van der Waals surface area contributed by atoms with E-state index >= 15 is 0 Å². The van der Waals surface area contributed by atoms with E-state index in [0.717, 1.165) is 25.1 Å². The van der Waals surface area contributed by atoms with E-state index in [1.807, 2.05) is 13.8 Å².